The lowest BCUT2D eigenvalue weighted by Gasteiger charge is -2.11. The van der Waals surface area contributed by atoms with Crippen LogP contribution in [0.5, 0.6) is 0 Å². The minimum Gasteiger partial charge on any atom is -0.462 e. The van der Waals surface area contributed by atoms with Crippen molar-refractivity contribution in [1.82, 2.24) is 15.3 Å². The molecule has 3 N–H and O–H groups in total. The molecule has 21 heavy (non-hydrogen) atoms. The average molecular weight is 292 g/mol. The Bertz CT molecular complexity index is 501. The summed E-state index contributed by atoms with van der Waals surface area (Å²) in [4.78, 5) is 31.0. The van der Waals surface area contributed by atoms with Crippen molar-refractivity contribution in [2.24, 2.45) is 0 Å². The Kier molecular flexibility index (Phi) is 5.48. The van der Waals surface area contributed by atoms with E-state index in [-0.39, 0.29) is 29.5 Å². The zero-order valence-corrected chi connectivity index (χ0v) is 11.9. The lowest BCUT2D eigenvalue weighted by atomic mass is 10.3. The summed E-state index contributed by atoms with van der Waals surface area (Å²) >= 11 is 0. The smallest absolute Gasteiger partial charge is 0.306 e. The fourth-order valence-corrected chi connectivity index (χ4v) is 2.29. The summed E-state index contributed by atoms with van der Waals surface area (Å²) in [5.74, 6) is -0.490. The van der Waals surface area contributed by atoms with E-state index < -0.39 is 0 Å². The van der Waals surface area contributed by atoms with Gasteiger partial charge in [0.05, 0.1) is 0 Å². The molecule has 2 rings (SSSR count). The van der Waals surface area contributed by atoms with Gasteiger partial charge < -0.3 is 15.8 Å². The highest BCUT2D eigenvalue weighted by atomic mass is 16.5. The third-order valence-electron chi connectivity index (χ3n) is 3.39. The molecule has 1 heterocycles. The van der Waals surface area contributed by atoms with Gasteiger partial charge in [0.1, 0.15) is 6.10 Å². The molecule has 1 fully saturated rings. The zero-order valence-electron chi connectivity index (χ0n) is 11.9. The second-order valence-corrected chi connectivity index (χ2v) is 5.05. The minimum atomic E-state index is -0.384. The molecule has 1 amide bonds. The standard InChI is InChI=1S/C14H20N4O3/c15-13-12(16-8-9-17-13)14(20)18-7-3-6-11(19)21-10-4-1-2-5-10/h8-10H,1-7H2,(H2,15,17)(H,18,20). The summed E-state index contributed by atoms with van der Waals surface area (Å²) in [6.45, 7) is 0.370. The number of amides is 1. The molecule has 0 spiro atoms. The molecule has 1 aliphatic rings. The van der Waals surface area contributed by atoms with Crippen LogP contribution in [0.1, 0.15) is 49.0 Å². The van der Waals surface area contributed by atoms with Crippen LogP contribution in [0.15, 0.2) is 12.4 Å². The van der Waals surface area contributed by atoms with Crippen molar-refractivity contribution in [2.75, 3.05) is 12.3 Å². The molecule has 1 aromatic heterocycles. The third kappa shape index (κ3) is 4.70. The maximum atomic E-state index is 11.8. The van der Waals surface area contributed by atoms with E-state index in [0.29, 0.717) is 19.4 Å². The molecule has 0 radical (unpaired) electrons. The largest absolute Gasteiger partial charge is 0.462 e. The molecule has 0 aliphatic heterocycles. The Morgan fingerprint density at radius 1 is 1.29 bits per heavy atom. The second-order valence-electron chi connectivity index (χ2n) is 5.05. The first-order chi connectivity index (χ1) is 10.2. The van der Waals surface area contributed by atoms with E-state index in [4.69, 9.17) is 10.5 Å². The minimum absolute atomic E-state index is 0.0893. The monoisotopic (exact) mass is 292 g/mol. The van der Waals surface area contributed by atoms with Gasteiger partial charge in [-0.25, -0.2) is 9.97 Å². The van der Waals surface area contributed by atoms with Gasteiger partial charge in [0, 0.05) is 25.4 Å². The number of carbonyl (C=O) groups is 2. The van der Waals surface area contributed by atoms with E-state index in [1.165, 1.54) is 12.4 Å². The van der Waals surface area contributed by atoms with Crippen LogP contribution in [-0.2, 0) is 9.53 Å². The van der Waals surface area contributed by atoms with Gasteiger partial charge in [-0.2, -0.15) is 0 Å². The number of anilines is 1. The molecular weight excluding hydrogens is 272 g/mol. The number of nitrogens with one attached hydrogen (secondary N) is 1. The SMILES string of the molecule is Nc1nccnc1C(=O)NCCCC(=O)OC1CCCC1. The number of nitrogens with zero attached hydrogens (tertiary/aromatic N) is 2. The fraction of sp³-hybridized carbons (Fsp3) is 0.571. The predicted molar refractivity (Wildman–Crippen MR) is 76.4 cm³/mol. The Labute approximate surface area is 123 Å². The van der Waals surface area contributed by atoms with Crippen molar-refractivity contribution in [1.29, 1.82) is 0 Å². The molecule has 0 atom stereocenters. The highest BCUT2D eigenvalue weighted by Gasteiger charge is 2.19. The molecule has 1 saturated carbocycles. The zero-order chi connectivity index (χ0) is 15.1. The topological polar surface area (TPSA) is 107 Å². The van der Waals surface area contributed by atoms with Crippen LogP contribution in [0.25, 0.3) is 0 Å². The van der Waals surface area contributed by atoms with Crippen LogP contribution in [0.4, 0.5) is 5.82 Å². The van der Waals surface area contributed by atoms with E-state index in [1.807, 2.05) is 0 Å². The van der Waals surface area contributed by atoms with E-state index in [0.717, 1.165) is 25.7 Å². The Morgan fingerprint density at radius 3 is 2.71 bits per heavy atom. The molecular formula is C14H20N4O3. The number of aromatic nitrogens is 2. The molecule has 0 aromatic carbocycles. The number of hydrogen-bond donors (Lipinski definition) is 2. The molecule has 0 unspecified atom stereocenters. The number of carbonyl (C=O) groups excluding carboxylic acids is 2. The number of hydrogen-bond acceptors (Lipinski definition) is 6. The number of esters is 1. The summed E-state index contributed by atoms with van der Waals surface area (Å²) in [6.07, 6.45) is 7.94. The number of nitrogens with two attached hydrogens (primary N) is 1. The van der Waals surface area contributed by atoms with Crippen LogP contribution in [0.2, 0.25) is 0 Å². The van der Waals surface area contributed by atoms with E-state index >= 15 is 0 Å². The van der Waals surface area contributed by atoms with Crippen LogP contribution in [-0.4, -0.2) is 34.5 Å². The predicted octanol–water partition coefficient (Wildman–Crippen LogP) is 1.05. The fourth-order valence-electron chi connectivity index (χ4n) is 2.29. The quantitative estimate of drug-likeness (QED) is 0.599. The second kappa shape index (κ2) is 7.56. The summed E-state index contributed by atoms with van der Waals surface area (Å²) in [7, 11) is 0. The van der Waals surface area contributed by atoms with Crippen molar-refractivity contribution < 1.29 is 14.3 Å². The molecule has 114 valence electrons. The summed E-state index contributed by atoms with van der Waals surface area (Å²) < 4.78 is 5.33. The van der Waals surface area contributed by atoms with E-state index in [9.17, 15) is 9.59 Å². The number of rotatable bonds is 6. The lowest BCUT2D eigenvalue weighted by Crippen LogP contribution is -2.27. The third-order valence-corrected chi connectivity index (χ3v) is 3.39. The van der Waals surface area contributed by atoms with Crippen molar-refractivity contribution in [3.8, 4) is 0 Å². The van der Waals surface area contributed by atoms with Crippen molar-refractivity contribution in [2.45, 2.75) is 44.6 Å². The number of ether oxygens (including phenoxy) is 1. The molecule has 7 heteroatoms. The Balaban J connectivity index is 1.64. The van der Waals surface area contributed by atoms with Gasteiger partial charge in [-0.3, -0.25) is 9.59 Å². The first-order valence-electron chi connectivity index (χ1n) is 7.21. The molecule has 0 saturated heterocycles. The number of nitrogen functional groups attached to an aromatic ring is 1. The van der Waals surface area contributed by atoms with Crippen LogP contribution in [0, 0.1) is 0 Å². The van der Waals surface area contributed by atoms with Gasteiger partial charge >= 0.3 is 5.97 Å². The molecule has 1 aliphatic carbocycles. The van der Waals surface area contributed by atoms with Crippen LogP contribution < -0.4 is 11.1 Å². The Hall–Kier alpha value is -2.18. The van der Waals surface area contributed by atoms with E-state index in [1.54, 1.807) is 0 Å². The summed E-state index contributed by atoms with van der Waals surface area (Å²) in [5, 5.41) is 2.66. The lowest BCUT2D eigenvalue weighted by molar-refractivity contribution is -0.148. The average Bonchev–Trinajstić information content (AvgIpc) is 2.96. The van der Waals surface area contributed by atoms with E-state index in [2.05, 4.69) is 15.3 Å². The van der Waals surface area contributed by atoms with Gasteiger partial charge in [0.25, 0.3) is 5.91 Å². The molecule has 7 nitrogen and oxygen atoms in total. The normalized spacial score (nSPS) is 14.9. The van der Waals surface area contributed by atoms with Crippen molar-refractivity contribution >= 4 is 17.7 Å². The van der Waals surface area contributed by atoms with Crippen LogP contribution in [0.3, 0.4) is 0 Å². The summed E-state index contributed by atoms with van der Waals surface area (Å²) in [6, 6.07) is 0. The highest BCUT2D eigenvalue weighted by molar-refractivity contribution is 5.96. The van der Waals surface area contributed by atoms with Crippen LogP contribution >= 0.6 is 0 Å². The maximum absolute atomic E-state index is 11.8. The van der Waals surface area contributed by atoms with Gasteiger partial charge in [-0.1, -0.05) is 0 Å². The first-order valence-corrected chi connectivity index (χ1v) is 7.21. The van der Waals surface area contributed by atoms with Crippen molar-refractivity contribution in [3.05, 3.63) is 18.1 Å². The van der Waals surface area contributed by atoms with Crippen molar-refractivity contribution in [3.63, 3.8) is 0 Å². The first kappa shape index (κ1) is 15.2. The van der Waals surface area contributed by atoms with Gasteiger partial charge in [0.15, 0.2) is 11.5 Å². The van der Waals surface area contributed by atoms with Gasteiger partial charge in [0.2, 0.25) is 0 Å². The molecule has 1 aromatic rings. The van der Waals surface area contributed by atoms with Gasteiger partial charge in [-0.15, -0.1) is 0 Å². The van der Waals surface area contributed by atoms with Gasteiger partial charge in [-0.05, 0) is 32.1 Å². The molecule has 0 bridgehead atoms. The Morgan fingerprint density at radius 2 is 2.00 bits per heavy atom. The highest BCUT2D eigenvalue weighted by Crippen LogP contribution is 2.21. The summed E-state index contributed by atoms with van der Waals surface area (Å²) in [5.41, 5.74) is 5.66. The maximum Gasteiger partial charge on any atom is 0.306 e.